The molecule has 0 spiro atoms. The van der Waals surface area contributed by atoms with Gasteiger partial charge in [0, 0.05) is 37.8 Å². The SMILES string of the molecule is CCOc1ccccc1C(CC)N1CCNCC1. The van der Waals surface area contributed by atoms with Gasteiger partial charge in [-0.25, -0.2) is 0 Å². The van der Waals surface area contributed by atoms with Gasteiger partial charge in [0.2, 0.25) is 0 Å². The molecule has 1 saturated heterocycles. The average Bonchev–Trinajstić information content (AvgIpc) is 2.43. The lowest BCUT2D eigenvalue weighted by Crippen LogP contribution is -2.45. The Hall–Kier alpha value is -1.06. The van der Waals surface area contributed by atoms with E-state index in [0.717, 1.165) is 45.0 Å². The first-order valence-corrected chi connectivity index (χ1v) is 7.03. The van der Waals surface area contributed by atoms with E-state index in [1.54, 1.807) is 0 Å². The fraction of sp³-hybridized carbons (Fsp3) is 0.600. The third kappa shape index (κ3) is 3.03. The molecule has 3 nitrogen and oxygen atoms in total. The van der Waals surface area contributed by atoms with E-state index in [4.69, 9.17) is 4.74 Å². The van der Waals surface area contributed by atoms with Gasteiger partial charge in [-0.05, 0) is 19.4 Å². The fourth-order valence-electron chi connectivity index (χ4n) is 2.71. The first-order valence-electron chi connectivity index (χ1n) is 7.03. The second-order valence-corrected chi connectivity index (χ2v) is 4.68. The summed E-state index contributed by atoms with van der Waals surface area (Å²) in [5, 5.41) is 3.41. The Morgan fingerprint density at radius 1 is 1.22 bits per heavy atom. The van der Waals surface area contributed by atoms with E-state index in [0.29, 0.717) is 6.04 Å². The Morgan fingerprint density at radius 2 is 1.94 bits per heavy atom. The van der Waals surface area contributed by atoms with Crippen molar-refractivity contribution in [3.05, 3.63) is 29.8 Å². The molecule has 1 aromatic carbocycles. The van der Waals surface area contributed by atoms with Gasteiger partial charge in [0.05, 0.1) is 6.61 Å². The van der Waals surface area contributed by atoms with Gasteiger partial charge < -0.3 is 10.1 Å². The van der Waals surface area contributed by atoms with E-state index in [1.807, 2.05) is 6.92 Å². The van der Waals surface area contributed by atoms with Crippen molar-refractivity contribution < 1.29 is 4.74 Å². The summed E-state index contributed by atoms with van der Waals surface area (Å²) in [6, 6.07) is 8.95. The van der Waals surface area contributed by atoms with Crippen LogP contribution >= 0.6 is 0 Å². The van der Waals surface area contributed by atoms with Gasteiger partial charge >= 0.3 is 0 Å². The molecule has 1 atom stereocenters. The number of hydrogen-bond acceptors (Lipinski definition) is 3. The number of ether oxygens (including phenoxy) is 1. The number of benzene rings is 1. The topological polar surface area (TPSA) is 24.5 Å². The zero-order valence-corrected chi connectivity index (χ0v) is 11.5. The standard InChI is InChI=1S/C15H24N2O/c1-3-14(17-11-9-16-10-12-17)13-7-5-6-8-15(13)18-4-2/h5-8,14,16H,3-4,9-12H2,1-2H3. The normalized spacial score (nSPS) is 18.6. The lowest BCUT2D eigenvalue weighted by atomic mass is 10.0. The van der Waals surface area contributed by atoms with Crippen LogP contribution in [0, 0.1) is 0 Å². The minimum Gasteiger partial charge on any atom is -0.494 e. The first-order chi connectivity index (χ1) is 8.86. The van der Waals surface area contributed by atoms with Crippen molar-refractivity contribution in [3.63, 3.8) is 0 Å². The summed E-state index contributed by atoms with van der Waals surface area (Å²) >= 11 is 0. The minimum absolute atomic E-state index is 0.481. The maximum absolute atomic E-state index is 5.77. The van der Waals surface area contributed by atoms with Gasteiger partial charge in [-0.1, -0.05) is 25.1 Å². The number of rotatable bonds is 5. The van der Waals surface area contributed by atoms with E-state index in [2.05, 4.69) is 41.4 Å². The van der Waals surface area contributed by atoms with Gasteiger partial charge in [0.25, 0.3) is 0 Å². The average molecular weight is 248 g/mol. The number of piperazine rings is 1. The molecule has 1 aliphatic heterocycles. The Balaban J connectivity index is 2.20. The van der Waals surface area contributed by atoms with Crippen molar-refractivity contribution in [3.8, 4) is 5.75 Å². The largest absolute Gasteiger partial charge is 0.494 e. The molecule has 0 saturated carbocycles. The van der Waals surface area contributed by atoms with Crippen LogP contribution in [0.4, 0.5) is 0 Å². The molecular formula is C15H24N2O. The first kappa shape index (κ1) is 13.4. The molecule has 0 amide bonds. The lowest BCUT2D eigenvalue weighted by molar-refractivity contribution is 0.165. The maximum Gasteiger partial charge on any atom is 0.124 e. The molecule has 0 bridgehead atoms. The monoisotopic (exact) mass is 248 g/mol. The number of nitrogens with one attached hydrogen (secondary N) is 1. The van der Waals surface area contributed by atoms with Crippen LogP contribution < -0.4 is 10.1 Å². The van der Waals surface area contributed by atoms with Crippen molar-refractivity contribution in [1.82, 2.24) is 10.2 Å². The van der Waals surface area contributed by atoms with Gasteiger partial charge in [0.15, 0.2) is 0 Å². The zero-order chi connectivity index (χ0) is 12.8. The quantitative estimate of drug-likeness (QED) is 0.866. The predicted molar refractivity (Wildman–Crippen MR) is 75.1 cm³/mol. The van der Waals surface area contributed by atoms with Crippen molar-refractivity contribution in [1.29, 1.82) is 0 Å². The van der Waals surface area contributed by atoms with Crippen LogP contribution in [0.25, 0.3) is 0 Å². The molecule has 1 aromatic rings. The predicted octanol–water partition coefficient (Wildman–Crippen LogP) is 2.44. The van der Waals surface area contributed by atoms with Gasteiger partial charge in [0.1, 0.15) is 5.75 Å². The second kappa shape index (κ2) is 6.76. The summed E-state index contributed by atoms with van der Waals surface area (Å²) in [4.78, 5) is 2.56. The van der Waals surface area contributed by atoms with Crippen LogP contribution in [0.3, 0.4) is 0 Å². The molecule has 0 aliphatic carbocycles. The summed E-state index contributed by atoms with van der Waals surface area (Å²) in [5.41, 5.74) is 1.34. The second-order valence-electron chi connectivity index (χ2n) is 4.68. The molecule has 2 rings (SSSR count). The van der Waals surface area contributed by atoms with Crippen molar-refractivity contribution in [2.45, 2.75) is 26.3 Å². The molecule has 1 fully saturated rings. The molecule has 3 heteroatoms. The molecular weight excluding hydrogens is 224 g/mol. The van der Waals surface area contributed by atoms with Crippen LogP contribution in [0.5, 0.6) is 5.75 Å². The summed E-state index contributed by atoms with van der Waals surface area (Å²) in [7, 11) is 0. The van der Waals surface area contributed by atoms with E-state index in [1.165, 1.54) is 5.56 Å². The molecule has 1 aliphatic rings. The molecule has 1 unspecified atom stereocenters. The summed E-state index contributed by atoms with van der Waals surface area (Å²) < 4.78 is 5.77. The third-order valence-corrected chi connectivity index (χ3v) is 3.56. The minimum atomic E-state index is 0.481. The zero-order valence-electron chi connectivity index (χ0n) is 11.5. The van der Waals surface area contributed by atoms with Crippen LogP contribution in [-0.4, -0.2) is 37.7 Å². The number of para-hydroxylation sites is 1. The highest BCUT2D eigenvalue weighted by Crippen LogP contribution is 2.31. The molecule has 100 valence electrons. The number of nitrogens with zero attached hydrogens (tertiary/aromatic N) is 1. The van der Waals surface area contributed by atoms with Gasteiger partial charge in [-0.2, -0.15) is 0 Å². The highest BCUT2D eigenvalue weighted by molar-refractivity contribution is 5.36. The fourth-order valence-corrected chi connectivity index (χ4v) is 2.71. The van der Waals surface area contributed by atoms with E-state index < -0.39 is 0 Å². The van der Waals surface area contributed by atoms with Gasteiger partial charge in [-0.15, -0.1) is 0 Å². The Labute approximate surface area is 110 Å². The molecule has 0 aromatic heterocycles. The van der Waals surface area contributed by atoms with Crippen LogP contribution in [-0.2, 0) is 0 Å². The molecule has 0 radical (unpaired) electrons. The highest BCUT2D eigenvalue weighted by Gasteiger charge is 2.22. The van der Waals surface area contributed by atoms with Crippen molar-refractivity contribution >= 4 is 0 Å². The summed E-state index contributed by atoms with van der Waals surface area (Å²) in [6.45, 7) is 9.46. The Bertz CT molecular complexity index is 361. The lowest BCUT2D eigenvalue weighted by Gasteiger charge is -2.35. The van der Waals surface area contributed by atoms with Crippen LogP contribution in [0.1, 0.15) is 31.9 Å². The van der Waals surface area contributed by atoms with E-state index in [-0.39, 0.29) is 0 Å². The summed E-state index contributed by atoms with van der Waals surface area (Å²) in [5.74, 6) is 1.05. The molecule has 1 N–H and O–H groups in total. The number of hydrogen-bond donors (Lipinski definition) is 1. The molecule has 1 heterocycles. The van der Waals surface area contributed by atoms with Crippen LogP contribution in [0.15, 0.2) is 24.3 Å². The third-order valence-electron chi connectivity index (χ3n) is 3.56. The van der Waals surface area contributed by atoms with E-state index in [9.17, 15) is 0 Å². The van der Waals surface area contributed by atoms with Gasteiger partial charge in [-0.3, -0.25) is 4.90 Å². The molecule has 18 heavy (non-hydrogen) atoms. The summed E-state index contributed by atoms with van der Waals surface area (Å²) in [6.07, 6.45) is 1.13. The Morgan fingerprint density at radius 3 is 2.61 bits per heavy atom. The van der Waals surface area contributed by atoms with Crippen molar-refractivity contribution in [2.75, 3.05) is 32.8 Å². The highest BCUT2D eigenvalue weighted by atomic mass is 16.5. The maximum atomic E-state index is 5.77. The van der Waals surface area contributed by atoms with Crippen LogP contribution in [0.2, 0.25) is 0 Å². The van der Waals surface area contributed by atoms with E-state index >= 15 is 0 Å². The Kier molecular flexibility index (Phi) is 5.02. The smallest absolute Gasteiger partial charge is 0.124 e. The van der Waals surface area contributed by atoms with Crippen molar-refractivity contribution in [2.24, 2.45) is 0 Å².